The number of carbonyl (C=O) groups is 3. The largest absolute Gasteiger partial charge is 0.447 e. The molecule has 0 aliphatic heterocycles. The lowest BCUT2D eigenvalue weighted by molar-refractivity contribution is -0.194. The number of hydrogen-bond donors (Lipinski definition) is 0. The molecular formula is C23H31ClO5S. The lowest BCUT2D eigenvalue weighted by Crippen LogP contribution is -2.61. The summed E-state index contributed by atoms with van der Waals surface area (Å²) in [5.74, 6) is 0.658. The summed E-state index contributed by atoms with van der Waals surface area (Å²) in [7, 11) is 0. The van der Waals surface area contributed by atoms with Gasteiger partial charge in [-0.15, -0.1) is 11.8 Å². The first kappa shape index (κ1) is 22.3. The zero-order chi connectivity index (χ0) is 21.7. The smallest absolute Gasteiger partial charge is 0.340 e. The fourth-order valence-electron chi connectivity index (χ4n) is 7.33. The van der Waals surface area contributed by atoms with E-state index in [4.69, 9.17) is 21.1 Å². The van der Waals surface area contributed by atoms with E-state index in [-0.39, 0.29) is 40.8 Å². The van der Waals surface area contributed by atoms with Crippen molar-refractivity contribution in [3.63, 3.8) is 0 Å². The molecule has 0 bridgehead atoms. The minimum absolute atomic E-state index is 0.0796. The molecule has 7 heteroatoms. The number of ether oxygens (including phenoxy) is 2. The Morgan fingerprint density at radius 3 is 2.70 bits per heavy atom. The zero-order valence-electron chi connectivity index (χ0n) is 18.0. The standard InChI is InChI=1S/C23H31ClO5S/c1-21-8-6-15(25)10-14(21)4-5-16-17-7-9-23(29-13-30-3,20(27)28-12-24)22(17,2)11-18(26)19(16)21/h10,16-17,19H,4-9,11-13H2,1-3H3/t16-,17-,19+,21-,22-,23-/m0/s1. The summed E-state index contributed by atoms with van der Waals surface area (Å²) in [6.45, 7) is 4.23. The fourth-order valence-corrected chi connectivity index (χ4v) is 7.75. The summed E-state index contributed by atoms with van der Waals surface area (Å²) in [6, 6.07) is -0.218. The van der Waals surface area contributed by atoms with E-state index in [0.717, 1.165) is 31.3 Å². The molecule has 0 radical (unpaired) electrons. The van der Waals surface area contributed by atoms with Crippen molar-refractivity contribution in [2.24, 2.45) is 28.6 Å². The molecule has 4 aliphatic carbocycles. The van der Waals surface area contributed by atoms with Crippen LogP contribution in [0, 0.1) is 28.6 Å². The van der Waals surface area contributed by atoms with Gasteiger partial charge in [0.15, 0.2) is 17.5 Å². The van der Waals surface area contributed by atoms with Crippen LogP contribution in [-0.4, -0.2) is 41.4 Å². The second-order valence-electron chi connectivity index (χ2n) is 9.86. The monoisotopic (exact) mass is 454 g/mol. The Bertz CT molecular complexity index is 796. The highest BCUT2D eigenvalue weighted by Crippen LogP contribution is 2.67. The van der Waals surface area contributed by atoms with Crippen LogP contribution in [0.2, 0.25) is 0 Å². The van der Waals surface area contributed by atoms with E-state index in [2.05, 4.69) is 6.92 Å². The van der Waals surface area contributed by atoms with Crippen LogP contribution < -0.4 is 0 Å². The van der Waals surface area contributed by atoms with Crippen molar-refractivity contribution in [2.75, 3.05) is 18.3 Å². The van der Waals surface area contributed by atoms with Gasteiger partial charge in [0.2, 0.25) is 0 Å². The first-order valence-corrected chi connectivity index (χ1v) is 12.8. The molecule has 4 aliphatic rings. The summed E-state index contributed by atoms with van der Waals surface area (Å²) < 4.78 is 11.5. The molecule has 0 aromatic carbocycles. The zero-order valence-corrected chi connectivity index (χ0v) is 19.6. The Hall–Kier alpha value is -0.850. The molecule has 0 unspecified atom stereocenters. The van der Waals surface area contributed by atoms with Gasteiger partial charge in [-0.2, -0.15) is 0 Å². The van der Waals surface area contributed by atoms with E-state index in [1.807, 2.05) is 13.2 Å². The van der Waals surface area contributed by atoms with Crippen LogP contribution in [0.1, 0.15) is 58.8 Å². The molecule has 30 heavy (non-hydrogen) atoms. The highest BCUT2D eigenvalue weighted by Gasteiger charge is 2.70. The molecule has 0 spiro atoms. The van der Waals surface area contributed by atoms with Crippen molar-refractivity contribution in [2.45, 2.75) is 64.4 Å². The molecular weight excluding hydrogens is 424 g/mol. The van der Waals surface area contributed by atoms with Gasteiger partial charge in [0, 0.05) is 24.2 Å². The molecule has 5 nitrogen and oxygen atoms in total. The molecule has 0 aromatic heterocycles. The molecule has 6 atom stereocenters. The lowest BCUT2D eigenvalue weighted by Gasteiger charge is -2.58. The number of esters is 1. The Labute approximate surface area is 187 Å². The second kappa shape index (κ2) is 7.93. The maximum Gasteiger partial charge on any atom is 0.340 e. The van der Waals surface area contributed by atoms with Crippen molar-refractivity contribution < 1.29 is 23.9 Å². The van der Waals surface area contributed by atoms with E-state index < -0.39 is 17.0 Å². The van der Waals surface area contributed by atoms with E-state index in [9.17, 15) is 14.4 Å². The Morgan fingerprint density at radius 2 is 2.00 bits per heavy atom. The average molecular weight is 455 g/mol. The van der Waals surface area contributed by atoms with Crippen molar-refractivity contribution in [3.8, 4) is 0 Å². The van der Waals surface area contributed by atoms with Crippen LogP contribution >= 0.6 is 23.4 Å². The molecule has 0 N–H and O–H groups in total. The van der Waals surface area contributed by atoms with Crippen molar-refractivity contribution >= 4 is 40.9 Å². The van der Waals surface area contributed by atoms with Gasteiger partial charge in [-0.25, -0.2) is 4.79 Å². The van der Waals surface area contributed by atoms with Gasteiger partial charge in [-0.1, -0.05) is 31.0 Å². The van der Waals surface area contributed by atoms with E-state index in [1.54, 1.807) is 6.08 Å². The van der Waals surface area contributed by atoms with Gasteiger partial charge < -0.3 is 9.47 Å². The summed E-state index contributed by atoms with van der Waals surface area (Å²) in [4.78, 5) is 38.9. The highest BCUT2D eigenvalue weighted by atomic mass is 35.5. The average Bonchev–Trinajstić information content (AvgIpc) is 2.99. The SMILES string of the molecule is CSCO[C@]1(C(=O)OCCl)CC[C@H]2[C@@H]3CCC4=CC(=O)CC[C@]4(C)[C@H]3C(=O)C[C@@]21C. The molecule has 4 rings (SSSR count). The van der Waals surface area contributed by atoms with Crippen molar-refractivity contribution in [1.29, 1.82) is 0 Å². The number of thioether (sulfide) groups is 1. The predicted molar refractivity (Wildman–Crippen MR) is 116 cm³/mol. The van der Waals surface area contributed by atoms with Crippen LogP contribution in [0.25, 0.3) is 0 Å². The van der Waals surface area contributed by atoms with Gasteiger partial charge in [-0.3, -0.25) is 9.59 Å². The van der Waals surface area contributed by atoms with Crippen LogP contribution in [0.3, 0.4) is 0 Å². The van der Waals surface area contributed by atoms with E-state index >= 15 is 0 Å². The highest BCUT2D eigenvalue weighted by molar-refractivity contribution is 7.98. The van der Waals surface area contributed by atoms with Crippen molar-refractivity contribution in [3.05, 3.63) is 11.6 Å². The van der Waals surface area contributed by atoms with Crippen LogP contribution in [0.4, 0.5) is 0 Å². The molecule has 3 fully saturated rings. The molecule has 166 valence electrons. The third kappa shape index (κ3) is 3.04. The number of carbonyl (C=O) groups excluding carboxylic acids is 3. The number of ketones is 2. The maximum atomic E-state index is 13.7. The first-order valence-electron chi connectivity index (χ1n) is 10.9. The molecule has 0 heterocycles. The minimum Gasteiger partial charge on any atom is -0.447 e. The Balaban J connectivity index is 1.73. The number of allylic oxidation sites excluding steroid dienone is 1. The van der Waals surface area contributed by atoms with E-state index in [1.165, 1.54) is 11.8 Å². The van der Waals surface area contributed by atoms with Crippen LogP contribution in [-0.2, 0) is 23.9 Å². The number of fused-ring (bicyclic) bond motifs is 5. The normalized spacial score (nSPS) is 42.8. The van der Waals surface area contributed by atoms with Gasteiger partial charge in [0.25, 0.3) is 0 Å². The summed E-state index contributed by atoms with van der Waals surface area (Å²) in [5, 5.41) is 0. The van der Waals surface area contributed by atoms with Gasteiger partial charge in [0.05, 0.1) is 5.94 Å². The summed E-state index contributed by atoms with van der Waals surface area (Å²) >= 11 is 7.24. The maximum absolute atomic E-state index is 13.7. The number of alkyl halides is 1. The summed E-state index contributed by atoms with van der Waals surface area (Å²) in [5.41, 5.74) is -0.819. The van der Waals surface area contributed by atoms with Crippen LogP contribution in [0.15, 0.2) is 11.6 Å². The Morgan fingerprint density at radius 1 is 1.23 bits per heavy atom. The third-order valence-electron chi connectivity index (χ3n) is 8.71. The quantitative estimate of drug-likeness (QED) is 0.345. The first-order chi connectivity index (χ1) is 14.2. The fraction of sp³-hybridized carbons (Fsp3) is 0.783. The predicted octanol–water partition coefficient (Wildman–Crippen LogP) is 4.51. The molecule has 0 aromatic rings. The molecule has 0 saturated heterocycles. The lowest BCUT2D eigenvalue weighted by atomic mass is 9.46. The van der Waals surface area contributed by atoms with Gasteiger partial charge >= 0.3 is 5.97 Å². The number of rotatable bonds is 5. The minimum atomic E-state index is -1.13. The van der Waals surface area contributed by atoms with Gasteiger partial charge in [-0.05, 0) is 61.7 Å². The third-order valence-corrected chi connectivity index (χ3v) is 9.18. The van der Waals surface area contributed by atoms with Crippen LogP contribution in [0.5, 0.6) is 0 Å². The van der Waals surface area contributed by atoms with Gasteiger partial charge in [0.1, 0.15) is 5.78 Å². The van der Waals surface area contributed by atoms with Crippen molar-refractivity contribution in [1.82, 2.24) is 0 Å². The summed E-state index contributed by atoms with van der Waals surface area (Å²) in [6.07, 6.45) is 8.43. The Kier molecular flexibility index (Phi) is 5.91. The molecule has 0 amide bonds. The number of Topliss-reactive ketones (excluding diaryl/α,β-unsaturated/α-hetero) is 1. The molecule has 3 saturated carbocycles. The van der Waals surface area contributed by atoms with E-state index in [0.29, 0.717) is 25.2 Å². The number of halogens is 1. The number of hydrogen-bond acceptors (Lipinski definition) is 6. The topological polar surface area (TPSA) is 69.7 Å². The second-order valence-corrected chi connectivity index (χ2v) is 10.9.